The Morgan fingerprint density at radius 1 is 1.07 bits per heavy atom. The van der Waals surface area contributed by atoms with Crippen LogP contribution < -0.4 is 4.72 Å². The molecule has 5 nitrogen and oxygen atoms in total. The number of hydrogen-bond acceptors (Lipinski definition) is 4. The van der Waals surface area contributed by atoms with E-state index in [1.54, 1.807) is 6.08 Å². The molecule has 0 amide bonds. The molecule has 1 aliphatic heterocycles. The number of carbonyl (C=O) groups is 1. The van der Waals surface area contributed by atoms with Crippen molar-refractivity contribution in [1.29, 1.82) is 0 Å². The fraction of sp³-hybridized carbons (Fsp3) is 0.318. The molecule has 2 aromatic rings. The van der Waals surface area contributed by atoms with E-state index in [-0.39, 0.29) is 18.1 Å². The average Bonchev–Trinajstić information content (AvgIpc) is 2.64. The van der Waals surface area contributed by atoms with Gasteiger partial charge in [-0.25, -0.2) is 8.42 Å². The summed E-state index contributed by atoms with van der Waals surface area (Å²) in [6, 6.07) is 8.14. The Hall–Kier alpha value is -2.60. The van der Waals surface area contributed by atoms with E-state index >= 15 is 0 Å². The van der Waals surface area contributed by atoms with Crippen LogP contribution in [0.1, 0.15) is 27.8 Å². The van der Waals surface area contributed by atoms with Gasteiger partial charge < -0.3 is 4.74 Å². The van der Waals surface area contributed by atoms with Gasteiger partial charge in [0.25, 0.3) is 0 Å². The van der Waals surface area contributed by atoms with Gasteiger partial charge in [-0.1, -0.05) is 42.0 Å². The smallest absolute Gasteiger partial charge is 0.310 e. The summed E-state index contributed by atoms with van der Waals surface area (Å²) in [5.41, 5.74) is 7.15. The fourth-order valence-electron chi connectivity index (χ4n) is 3.66. The van der Waals surface area contributed by atoms with Crippen molar-refractivity contribution in [1.82, 2.24) is 0 Å². The molecule has 0 saturated carbocycles. The number of allylic oxidation sites excluding steroid dienone is 1. The van der Waals surface area contributed by atoms with Crippen LogP contribution in [0.4, 0.5) is 5.69 Å². The first-order chi connectivity index (χ1) is 13.2. The van der Waals surface area contributed by atoms with E-state index < -0.39 is 10.0 Å². The molecule has 1 heterocycles. The Balaban J connectivity index is 2.33. The number of esters is 1. The predicted molar refractivity (Wildman–Crippen MR) is 112 cm³/mol. The van der Waals surface area contributed by atoms with E-state index in [4.69, 9.17) is 4.74 Å². The first-order valence-electron chi connectivity index (χ1n) is 9.17. The Bertz CT molecular complexity index is 1050. The van der Waals surface area contributed by atoms with E-state index in [1.165, 1.54) is 7.11 Å². The topological polar surface area (TPSA) is 72.5 Å². The summed E-state index contributed by atoms with van der Waals surface area (Å²) in [5.74, 6) is -0.416. The highest BCUT2D eigenvalue weighted by Crippen LogP contribution is 2.39. The molecule has 0 saturated heterocycles. The van der Waals surface area contributed by atoms with Gasteiger partial charge in [0, 0.05) is 0 Å². The first-order valence-corrected chi connectivity index (χ1v) is 10.8. The highest BCUT2D eigenvalue weighted by Gasteiger charge is 2.25. The number of fused-ring (bicyclic) bond motifs is 1. The third kappa shape index (κ3) is 3.97. The van der Waals surface area contributed by atoms with E-state index in [0.29, 0.717) is 12.1 Å². The number of ether oxygens (including phenoxy) is 1. The van der Waals surface area contributed by atoms with Crippen LogP contribution in [0.2, 0.25) is 0 Å². The maximum absolute atomic E-state index is 12.4. The van der Waals surface area contributed by atoms with Gasteiger partial charge in [0.15, 0.2) is 0 Å². The molecule has 1 N–H and O–H groups in total. The average molecular weight is 400 g/mol. The number of methoxy groups -OCH3 is 1. The maximum Gasteiger partial charge on any atom is 0.310 e. The molecule has 28 heavy (non-hydrogen) atoms. The van der Waals surface area contributed by atoms with E-state index in [0.717, 1.165) is 38.9 Å². The summed E-state index contributed by atoms with van der Waals surface area (Å²) in [4.78, 5) is 12.1. The van der Waals surface area contributed by atoms with Crippen molar-refractivity contribution in [2.75, 3.05) is 17.6 Å². The fourth-order valence-corrected chi connectivity index (χ4v) is 4.72. The molecule has 0 unspecified atom stereocenters. The summed E-state index contributed by atoms with van der Waals surface area (Å²) in [7, 11) is -2.12. The lowest BCUT2D eigenvalue weighted by atomic mass is 9.84. The Kier molecular flexibility index (Phi) is 5.61. The second-order valence-corrected chi connectivity index (χ2v) is 8.90. The summed E-state index contributed by atoms with van der Waals surface area (Å²) < 4.78 is 32.4. The van der Waals surface area contributed by atoms with Crippen LogP contribution in [0.25, 0.3) is 11.1 Å². The number of benzene rings is 2. The monoisotopic (exact) mass is 399 g/mol. The van der Waals surface area contributed by atoms with Gasteiger partial charge in [-0.15, -0.1) is 0 Å². The Morgan fingerprint density at radius 2 is 1.75 bits per heavy atom. The van der Waals surface area contributed by atoms with Gasteiger partial charge >= 0.3 is 5.97 Å². The summed E-state index contributed by atoms with van der Waals surface area (Å²) in [6.45, 7) is 5.87. The van der Waals surface area contributed by atoms with Gasteiger partial charge in [0.05, 0.1) is 25.0 Å². The van der Waals surface area contributed by atoms with Crippen LogP contribution >= 0.6 is 0 Å². The Morgan fingerprint density at radius 3 is 2.39 bits per heavy atom. The number of anilines is 1. The normalized spacial score (nSPS) is 16.3. The lowest BCUT2D eigenvalue weighted by Gasteiger charge is -2.25. The zero-order valence-corrected chi connectivity index (χ0v) is 17.4. The van der Waals surface area contributed by atoms with Gasteiger partial charge in [-0.2, -0.15) is 0 Å². The number of carbonyl (C=O) groups excluding carboxylic acids is 1. The molecule has 0 atom stereocenters. The number of nitrogens with one attached hydrogen (secondary N) is 1. The predicted octanol–water partition coefficient (Wildman–Crippen LogP) is 3.85. The molecule has 0 fully saturated rings. The van der Waals surface area contributed by atoms with Gasteiger partial charge in [0.2, 0.25) is 10.0 Å². The van der Waals surface area contributed by atoms with E-state index in [1.807, 2.05) is 51.1 Å². The van der Waals surface area contributed by atoms with Crippen molar-refractivity contribution in [2.24, 2.45) is 0 Å². The largest absolute Gasteiger partial charge is 0.469 e. The quantitative estimate of drug-likeness (QED) is 0.629. The molecule has 0 radical (unpaired) electrons. The van der Waals surface area contributed by atoms with E-state index in [9.17, 15) is 13.2 Å². The maximum atomic E-state index is 12.4. The molecule has 6 heteroatoms. The minimum Gasteiger partial charge on any atom is -0.469 e. The zero-order chi connectivity index (χ0) is 20.5. The van der Waals surface area contributed by atoms with Crippen molar-refractivity contribution in [2.45, 2.75) is 33.6 Å². The third-order valence-corrected chi connectivity index (χ3v) is 6.36. The van der Waals surface area contributed by atoms with Crippen LogP contribution in [0, 0.1) is 20.8 Å². The highest BCUT2D eigenvalue weighted by molar-refractivity contribution is 7.92. The van der Waals surface area contributed by atoms with Crippen LogP contribution in [0.5, 0.6) is 0 Å². The molecule has 148 valence electrons. The number of rotatable bonds is 3. The molecular formula is C22H25NO4S. The second-order valence-electron chi connectivity index (χ2n) is 7.14. The van der Waals surface area contributed by atoms with Crippen molar-refractivity contribution >= 4 is 21.7 Å². The number of sulfonamides is 1. The molecule has 0 aliphatic carbocycles. The van der Waals surface area contributed by atoms with E-state index in [2.05, 4.69) is 4.72 Å². The lowest BCUT2D eigenvalue weighted by Crippen LogP contribution is -2.21. The zero-order valence-electron chi connectivity index (χ0n) is 16.6. The van der Waals surface area contributed by atoms with Crippen LogP contribution in [0.3, 0.4) is 0 Å². The molecule has 1 aliphatic rings. The SMILES string of the molecule is COC(=O)Cc1c(C)c2c(c(C)c1-c1ccc(C)cc1)C/C=C\CS(=O)(=O)N2. The van der Waals surface area contributed by atoms with Crippen LogP contribution in [0.15, 0.2) is 36.4 Å². The molecule has 0 aromatic heterocycles. The Labute approximate surface area is 166 Å². The van der Waals surface area contributed by atoms with Crippen molar-refractivity contribution in [3.8, 4) is 11.1 Å². The summed E-state index contributed by atoms with van der Waals surface area (Å²) in [5, 5.41) is 0. The van der Waals surface area contributed by atoms with Crippen LogP contribution in [-0.2, 0) is 32.4 Å². The van der Waals surface area contributed by atoms with Gasteiger partial charge in [-0.05, 0) is 60.6 Å². The van der Waals surface area contributed by atoms with Gasteiger partial charge in [0.1, 0.15) is 0 Å². The van der Waals surface area contributed by atoms with Crippen molar-refractivity contribution < 1.29 is 17.9 Å². The number of aryl methyl sites for hydroxylation is 1. The summed E-state index contributed by atoms with van der Waals surface area (Å²) in [6.07, 6.45) is 4.27. The molecule has 3 rings (SSSR count). The molecule has 0 bridgehead atoms. The van der Waals surface area contributed by atoms with Crippen molar-refractivity contribution in [3.63, 3.8) is 0 Å². The third-order valence-electron chi connectivity index (χ3n) is 5.21. The van der Waals surface area contributed by atoms with Crippen LogP contribution in [-0.4, -0.2) is 27.2 Å². The standard InChI is InChI=1S/C22H25NO4S/c1-14-8-10-17(11-9-14)21-15(2)18-7-5-6-12-28(25,26)23-22(18)16(3)19(21)13-20(24)27-4/h5-6,8-11,23H,7,12-13H2,1-4H3/b6-5-. The van der Waals surface area contributed by atoms with Crippen molar-refractivity contribution in [3.05, 3.63) is 64.2 Å². The minimum atomic E-state index is -3.48. The van der Waals surface area contributed by atoms with Gasteiger partial charge in [-0.3, -0.25) is 9.52 Å². The first kappa shape index (κ1) is 20.1. The second kappa shape index (κ2) is 7.80. The lowest BCUT2D eigenvalue weighted by molar-refractivity contribution is -0.139. The number of hydrogen-bond donors (Lipinski definition) is 1. The molecule has 2 aromatic carbocycles. The minimum absolute atomic E-state index is 0.0586. The molecular weight excluding hydrogens is 374 g/mol. The summed E-state index contributed by atoms with van der Waals surface area (Å²) >= 11 is 0. The molecule has 0 spiro atoms. The highest BCUT2D eigenvalue weighted by atomic mass is 32.2.